The molecule has 3 aromatic rings. The number of hydrogen-bond acceptors (Lipinski definition) is 3. The van der Waals surface area contributed by atoms with Crippen LogP contribution in [0, 0.1) is 12.7 Å². The molecule has 1 heterocycles. The van der Waals surface area contributed by atoms with Gasteiger partial charge >= 0.3 is 0 Å². The van der Waals surface area contributed by atoms with Crippen molar-refractivity contribution in [2.75, 3.05) is 14.2 Å². The molecule has 0 aliphatic carbocycles. The quantitative estimate of drug-likeness (QED) is 0.531. The third kappa shape index (κ3) is 4.58. The second kappa shape index (κ2) is 9.69. The summed E-state index contributed by atoms with van der Waals surface area (Å²) in [4.78, 5) is 12.4. The van der Waals surface area contributed by atoms with E-state index in [1.54, 1.807) is 20.3 Å². The molecule has 1 aromatic heterocycles. The standard InChI is InChI=1S/C25H29FN2O3/c1-5-7-20-24(18-8-6-9-19(26)15-18)23(25(27)29)16(2)28(20)13-12-17-10-11-21(30-3)22(14-17)31-4/h6,8-11,14-15H,5,7,12-13H2,1-4H3,(H2,27,29). The van der Waals surface area contributed by atoms with E-state index in [1.165, 1.54) is 12.1 Å². The molecule has 164 valence electrons. The highest BCUT2D eigenvalue weighted by molar-refractivity contribution is 6.02. The smallest absolute Gasteiger partial charge is 0.251 e. The zero-order valence-electron chi connectivity index (χ0n) is 18.5. The third-order valence-electron chi connectivity index (χ3n) is 5.55. The second-order valence-corrected chi connectivity index (χ2v) is 7.50. The molecule has 0 aliphatic heterocycles. The van der Waals surface area contributed by atoms with Crippen LogP contribution in [0.3, 0.4) is 0 Å². The zero-order chi connectivity index (χ0) is 22.5. The van der Waals surface area contributed by atoms with E-state index in [0.717, 1.165) is 41.8 Å². The van der Waals surface area contributed by atoms with E-state index < -0.39 is 5.91 Å². The van der Waals surface area contributed by atoms with Gasteiger partial charge in [0, 0.05) is 23.5 Å². The molecule has 0 fully saturated rings. The number of rotatable bonds is 9. The van der Waals surface area contributed by atoms with Crippen molar-refractivity contribution in [3.63, 3.8) is 0 Å². The Morgan fingerprint density at radius 1 is 1.06 bits per heavy atom. The number of nitrogens with zero attached hydrogens (tertiary/aromatic N) is 1. The third-order valence-corrected chi connectivity index (χ3v) is 5.55. The molecule has 0 unspecified atom stereocenters. The van der Waals surface area contributed by atoms with E-state index in [0.29, 0.717) is 29.2 Å². The van der Waals surface area contributed by atoms with Crippen molar-refractivity contribution in [2.45, 2.75) is 39.7 Å². The SMILES string of the molecule is CCCc1c(-c2cccc(F)c2)c(C(N)=O)c(C)n1CCc1ccc(OC)c(OC)c1. The number of ether oxygens (including phenoxy) is 2. The van der Waals surface area contributed by atoms with Gasteiger partial charge in [-0.3, -0.25) is 4.79 Å². The van der Waals surface area contributed by atoms with Gasteiger partial charge in [-0.05, 0) is 55.2 Å². The van der Waals surface area contributed by atoms with Crippen molar-refractivity contribution in [1.82, 2.24) is 4.57 Å². The summed E-state index contributed by atoms with van der Waals surface area (Å²) in [5, 5.41) is 0. The molecule has 31 heavy (non-hydrogen) atoms. The van der Waals surface area contributed by atoms with Crippen molar-refractivity contribution >= 4 is 5.91 Å². The number of halogens is 1. The van der Waals surface area contributed by atoms with Crippen molar-refractivity contribution < 1.29 is 18.7 Å². The highest BCUT2D eigenvalue weighted by Gasteiger charge is 2.24. The van der Waals surface area contributed by atoms with E-state index in [1.807, 2.05) is 31.2 Å². The lowest BCUT2D eigenvalue weighted by molar-refractivity contribution is 0.1000. The van der Waals surface area contributed by atoms with Gasteiger partial charge in [-0.1, -0.05) is 31.5 Å². The zero-order valence-corrected chi connectivity index (χ0v) is 18.5. The number of methoxy groups -OCH3 is 2. The van der Waals surface area contributed by atoms with Crippen LogP contribution in [0.25, 0.3) is 11.1 Å². The number of amides is 1. The number of carbonyl (C=O) groups is 1. The Kier molecular flexibility index (Phi) is 7.00. The van der Waals surface area contributed by atoms with E-state index >= 15 is 0 Å². The molecule has 2 aromatic carbocycles. The molecule has 1 amide bonds. The maximum atomic E-state index is 14.0. The van der Waals surface area contributed by atoms with Crippen molar-refractivity contribution in [3.8, 4) is 22.6 Å². The molecule has 0 saturated carbocycles. The number of nitrogens with two attached hydrogens (primary N) is 1. The van der Waals surface area contributed by atoms with Gasteiger partial charge in [0.2, 0.25) is 0 Å². The molecule has 0 bridgehead atoms. The summed E-state index contributed by atoms with van der Waals surface area (Å²) < 4.78 is 26.8. The summed E-state index contributed by atoms with van der Waals surface area (Å²) in [5.41, 5.74) is 10.5. The van der Waals surface area contributed by atoms with Crippen LogP contribution in [-0.2, 0) is 19.4 Å². The van der Waals surface area contributed by atoms with Gasteiger partial charge in [0.15, 0.2) is 11.5 Å². The van der Waals surface area contributed by atoms with Gasteiger partial charge in [0.25, 0.3) is 5.91 Å². The van der Waals surface area contributed by atoms with Crippen LogP contribution < -0.4 is 15.2 Å². The summed E-state index contributed by atoms with van der Waals surface area (Å²) in [6, 6.07) is 12.2. The predicted molar refractivity (Wildman–Crippen MR) is 120 cm³/mol. The number of aryl methyl sites for hydroxylation is 1. The molecular weight excluding hydrogens is 395 g/mol. The van der Waals surface area contributed by atoms with Gasteiger partial charge in [-0.25, -0.2) is 4.39 Å². The van der Waals surface area contributed by atoms with Crippen molar-refractivity contribution in [3.05, 3.63) is 70.8 Å². The number of aromatic nitrogens is 1. The lowest BCUT2D eigenvalue weighted by atomic mass is 9.98. The van der Waals surface area contributed by atoms with Gasteiger partial charge in [0.1, 0.15) is 5.82 Å². The first-order valence-electron chi connectivity index (χ1n) is 10.4. The molecule has 5 nitrogen and oxygen atoms in total. The number of hydrogen-bond donors (Lipinski definition) is 1. The minimum Gasteiger partial charge on any atom is -0.493 e. The number of carbonyl (C=O) groups excluding carboxylic acids is 1. The topological polar surface area (TPSA) is 66.5 Å². The minimum atomic E-state index is -0.501. The molecule has 2 N–H and O–H groups in total. The van der Waals surface area contributed by atoms with E-state index in [2.05, 4.69) is 11.5 Å². The number of benzene rings is 2. The Balaban J connectivity index is 2.06. The van der Waals surface area contributed by atoms with Crippen LogP contribution in [-0.4, -0.2) is 24.7 Å². The van der Waals surface area contributed by atoms with E-state index in [9.17, 15) is 9.18 Å². The molecule has 0 radical (unpaired) electrons. The Bertz CT molecular complexity index is 1090. The first-order valence-corrected chi connectivity index (χ1v) is 10.4. The van der Waals surface area contributed by atoms with E-state index in [-0.39, 0.29) is 5.82 Å². The Morgan fingerprint density at radius 3 is 2.42 bits per heavy atom. The van der Waals surface area contributed by atoms with E-state index in [4.69, 9.17) is 15.2 Å². The van der Waals surface area contributed by atoms with Crippen LogP contribution >= 0.6 is 0 Å². The van der Waals surface area contributed by atoms with Gasteiger partial charge in [-0.15, -0.1) is 0 Å². The highest BCUT2D eigenvalue weighted by atomic mass is 19.1. The fourth-order valence-electron chi connectivity index (χ4n) is 4.13. The summed E-state index contributed by atoms with van der Waals surface area (Å²) in [7, 11) is 3.22. The number of primary amides is 1. The summed E-state index contributed by atoms with van der Waals surface area (Å²) >= 11 is 0. The van der Waals surface area contributed by atoms with Crippen molar-refractivity contribution in [2.24, 2.45) is 5.73 Å². The fourth-order valence-corrected chi connectivity index (χ4v) is 4.13. The lowest BCUT2D eigenvalue weighted by Gasteiger charge is -2.14. The summed E-state index contributed by atoms with van der Waals surface area (Å²) in [6.07, 6.45) is 2.37. The van der Waals surface area contributed by atoms with Crippen LogP contribution in [0.2, 0.25) is 0 Å². The minimum absolute atomic E-state index is 0.342. The first-order chi connectivity index (χ1) is 14.9. The van der Waals surface area contributed by atoms with Crippen LogP contribution in [0.1, 0.15) is 40.7 Å². The lowest BCUT2D eigenvalue weighted by Crippen LogP contribution is -2.14. The maximum Gasteiger partial charge on any atom is 0.251 e. The highest BCUT2D eigenvalue weighted by Crippen LogP contribution is 2.34. The first kappa shape index (κ1) is 22.4. The molecule has 0 spiro atoms. The van der Waals surface area contributed by atoms with Crippen LogP contribution in [0.15, 0.2) is 42.5 Å². The average molecular weight is 425 g/mol. The van der Waals surface area contributed by atoms with Crippen molar-refractivity contribution in [1.29, 1.82) is 0 Å². The predicted octanol–water partition coefficient (Wildman–Crippen LogP) is 4.91. The normalized spacial score (nSPS) is 10.9. The maximum absolute atomic E-state index is 14.0. The Hall–Kier alpha value is -3.28. The monoisotopic (exact) mass is 424 g/mol. The Labute approximate surface area is 182 Å². The molecule has 3 rings (SSSR count). The summed E-state index contributed by atoms with van der Waals surface area (Å²) in [6.45, 7) is 4.64. The Morgan fingerprint density at radius 2 is 1.81 bits per heavy atom. The molecule has 0 saturated heterocycles. The van der Waals surface area contributed by atoms with Gasteiger partial charge < -0.3 is 19.8 Å². The molecule has 0 aliphatic rings. The molecule has 6 heteroatoms. The summed E-state index contributed by atoms with van der Waals surface area (Å²) in [5.74, 6) is 0.515. The van der Waals surface area contributed by atoms with Crippen LogP contribution in [0.4, 0.5) is 4.39 Å². The average Bonchev–Trinajstić information content (AvgIpc) is 3.03. The van der Waals surface area contributed by atoms with Crippen LogP contribution in [0.5, 0.6) is 11.5 Å². The van der Waals surface area contributed by atoms with Gasteiger partial charge in [-0.2, -0.15) is 0 Å². The molecule has 0 atom stereocenters. The second-order valence-electron chi connectivity index (χ2n) is 7.50. The van der Waals surface area contributed by atoms with Gasteiger partial charge in [0.05, 0.1) is 19.8 Å². The fraction of sp³-hybridized carbons (Fsp3) is 0.320. The molecular formula is C25H29FN2O3. The largest absolute Gasteiger partial charge is 0.493 e.